The summed E-state index contributed by atoms with van der Waals surface area (Å²) in [5, 5.41) is 3.60. The van der Waals surface area contributed by atoms with Crippen LogP contribution in [0.4, 0.5) is 0 Å². The van der Waals surface area contributed by atoms with Crippen LogP contribution in [0.25, 0.3) is 0 Å². The molecule has 1 fully saturated rings. The first-order valence-electron chi connectivity index (χ1n) is 7.73. The lowest BCUT2D eigenvalue weighted by Gasteiger charge is -2.30. The Labute approximate surface area is 123 Å². The van der Waals surface area contributed by atoms with E-state index in [-0.39, 0.29) is 0 Å². The van der Waals surface area contributed by atoms with Crippen LogP contribution in [0.1, 0.15) is 38.3 Å². The van der Waals surface area contributed by atoms with E-state index in [0.717, 1.165) is 24.8 Å². The number of hydrogen-bond donors (Lipinski definition) is 1. The van der Waals surface area contributed by atoms with E-state index in [0.29, 0.717) is 12.1 Å². The number of nitrogens with one attached hydrogen (secondary N) is 1. The van der Waals surface area contributed by atoms with Gasteiger partial charge in [0.05, 0.1) is 7.11 Å². The minimum Gasteiger partial charge on any atom is -0.496 e. The SMILES string of the molecule is CCNC(CN(C)C(C)C1CC1)c1ccccc1OC. The molecule has 0 saturated heterocycles. The molecule has 112 valence electrons. The molecular formula is C17H28N2O. The number of ether oxygens (including phenoxy) is 1. The molecule has 2 atom stereocenters. The summed E-state index contributed by atoms with van der Waals surface area (Å²) in [5.41, 5.74) is 1.26. The van der Waals surface area contributed by atoms with Crippen LogP contribution in [-0.4, -0.2) is 38.2 Å². The zero-order valence-electron chi connectivity index (χ0n) is 13.2. The van der Waals surface area contributed by atoms with Crippen molar-refractivity contribution < 1.29 is 4.74 Å². The van der Waals surface area contributed by atoms with Gasteiger partial charge < -0.3 is 15.0 Å². The molecule has 0 aromatic heterocycles. The van der Waals surface area contributed by atoms with E-state index in [1.54, 1.807) is 7.11 Å². The first-order chi connectivity index (χ1) is 9.67. The predicted octanol–water partition coefficient (Wildman–Crippen LogP) is 3.08. The number of benzene rings is 1. The average Bonchev–Trinajstić information content (AvgIpc) is 3.30. The smallest absolute Gasteiger partial charge is 0.123 e. The van der Waals surface area contributed by atoms with Crippen molar-refractivity contribution >= 4 is 0 Å². The average molecular weight is 276 g/mol. The zero-order valence-corrected chi connectivity index (χ0v) is 13.2. The van der Waals surface area contributed by atoms with E-state index in [1.165, 1.54) is 18.4 Å². The molecule has 1 aromatic carbocycles. The molecule has 0 aliphatic heterocycles. The fourth-order valence-electron chi connectivity index (χ4n) is 2.87. The topological polar surface area (TPSA) is 24.5 Å². The zero-order chi connectivity index (χ0) is 14.5. The fourth-order valence-corrected chi connectivity index (χ4v) is 2.87. The molecule has 1 saturated carbocycles. The quantitative estimate of drug-likeness (QED) is 0.789. The van der Waals surface area contributed by atoms with Crippen molar-refractivity contribution in [2.24, 2.45) is 5.92 Å². The maximum Gasteiger partial charge on any atom is 0.123 e. The van der Waals surface area contributed by atoms with Gasteiger partial charge in [-0.25, -0.2) is 0 Å². The van der Waals surface area contributed by atoms with Crippen molar-refractivity contribution in [3.8, 4) is 5.75 Å². The molecule has 20 heavy (non-hydrogen) atoms. The van der Waals surface area contributed by atoms with Crippen LogP contribution >= 0.6 is 0 Å². The van der Waals surface area contributed by atoms with Crippen LogP contribution in [0, 0.1) is 5.92 Å². The van der Waals surface area contributed by atoms with Gasteiger partial charge in [-0.05, 0) is 45.3 Å². The van der Waals surface area contributed by atoms with Gasteiger partial charge in [-0.3, -0.25) is 0 Å². The van der Waals surface area contributed by atoms with Crippen LogP contribution in [0.2, 0.25) is 0 Å². The highest BCUT2D eigenvalue weighted by Crippen LogP contribution is 2.35. The summed E-state index contributed by atoms with van der Waals surface area (Å²) in [5.74, 6) is 1.88. The van der Waals surface area contributed by atoms with Crippen molar-refractivity contribution in [2.45, 2.75) is 38.8 Å². The van der Waals surface area contributed by atoms with Gasteiger partial charge in [0, 0.05) is 24.2 Å². The third-order valence-corrected chi connectivity index (χ3v) is 4.43. The Hall–Kier alpha value is -1.06. The summed E-state index contributed by atoms with van der Waals surface area (Å²) >= 11 is 0. The molecule has 1 N–H and O–H groups in total. The number of nitrogens with zero attached hydrogens (tertiary/aromatic N) is 1. The predicted molar refractivity (Wildman–Crippen MR) is 84.2 cm³/mol. The van der Waals surface area contributed by atoms with Crippen molar-refractivity contribution in [1.29, 1.82) is 0 Å². The van der Waals surface area contributed by atoms with Crippen molar-refractivity contribution in [3.05, 3.63) is 29.8 Å². The van der Waals surface area contributed by atoms with Crippen molar-refractivity contribution in [2.75, 3.05) is 27.2 Å². The number of likely N-dealkylation sites (N-methyl/N-ethyl adjacent to an activating group) is 2. The molecule has 0 amide bonds. The Morgan fingerprint density at radius 1 is 1.35 bits per heavy atom. The normalized spacial score (nSPS) is 18.1. The van der Waals surface area contributed by atoms with Gasteiger partial charge in [-0.15, -0.1) is 0 Å². The fraction of sp³-hybridized carbons (Fsp3) is 0.647. The largest absolute Gasteiger partial charge is 0.496 e. The summed E-state index contributed by atoms with van der Waals surface area (Å²) in [6.07, 6.45) is 2.79. The Balaban J connectivity index is 2.09. The van der Waals surface area contributed by atoms with Crippen LogP contribution in [0.15, 0.2) is 24.3 Å². The Kier molecular flexibility index (Phi) is 5.44. The summed E-state index contributed by atoms with van der Waals surface area (Å²) in [4.78, 5) is 2.48. The lowest BCUT2D eigenvalue weighted by atomic mass is 10.0. The number of rotatable bonds is 8. The lowest BCUT2D eigenvalue weighted by Crippen LogP contribution is -2.38. The molecule has 0 spiro atoms. The highest BCUT2D eigenvalue weighted by molar-refractivity contribution is 5.36. The van der Waals surface area contributed by atoms with E-state index in [1.807, 2.05) is 12.1 Å². The van der Waals surface area contributed by atoms with Gasteiger partial charge in [0.1, 0.15) is 5.75 Å². The number of para-hydroxylation sites is 1. The monoisotopic (exact) mass is 276 g/mol. The molecule has 0 radical (unpaired) electrons. The molecule has 3 heteroatoms. The van der Waals surface area contributed by atoms with E-state index in [9.17, 15) is 0 Å². The van der Waals surface area contributed by atoms with E-state index in [4.69, 9.17) is 4.74 Å². The third-order valence-electron chi connectivity index (χ3n) is 4.43. The molecule has 2 rings (SSSR count). The number of methoxy groups -OCH3 is 1. The second kappa shape index (κ2) is 7.09. The van der Waals surface area contributed by atoms with E-state index < -0.39 is 0 Å². The van der Waals surface area contributed by atoms with Crippen LogP contribution < -0.4 is 10.1 Å². The molecule has 1 aliphatic carbocycles. The first kappa shape index (κ1) is 15.3. The minimum absolute atomic E-state index is 0.322. The third kappa shape index (κ3) is 3.74. The van der Waals surface area contributed by atoms with Crippen LogP contribution in [0.5, 0.6) is 5.75 Å². The van der Waals surface area contributed by atoms with Crippen LogP contribution in [0.3, 0.4) is 0 Å². The van der Waals surface area contributed by atoms with E-state index >= 15 is 0 Å². The molecule has 1 aliphatic rings. The molecule has 3 nitrogen and oxygen atoms in total. The van der Waals surface area contributed by atoms with Crippen molar-refractivity contribution in [3.63, 3.8) is 0 Å². The Bertz CT molecular complexity index is 417. The standard InChI is InChI=1S/C17H28N2O/c1-5-18-16(12-19(3)13(2)14-10-11-14)15-8-6-7-9-17(15)20-4/h6-9,13-14,16,18H,5,10-12H2,1-4H3. The van der Waals surface area contributed by atoms with Crippen LogP contribution in [-0.2, 0) is 0 Å². The van der Waals surface area contributed by atoms with Gasteiger partial charge in [-0.2, -0.15) is 0 Å². The molecule has 0 heterocycles. The highest BCUT2D eigenvalue weighted by atomic mass is 16.5. The molecule has 2 unspecified atom stereocenters. The van der Waals surface area contributed by atoms with Gasteiger partial charge >= 0.3 is 0 Å². The maximum absolute atomic E-state index is 5.52. The van der Waals surface area contributed by atoms with Crippen molar-refractivity contribution in [1.82, 2.24) is 10.2 Å². The molecule has 0 bridgehead atoms. The Morgan fingerprint density at radius 3 is 2.65 bits per heavy atom. The molecular weight excluding hydrogens is 248 g/mol. The maximum atomic E-state index is 5.52. The summed E-state index contributed by atoms with van der Waals surface area (Å²) in [7, 11) is 3.99. The van der Waals surface area contributed by atoms with Gasteiger partial charge in [0.15, 0.2) is 0 Å². The summed E-state index contributed by atoms with van der Waals surface area (Å²) in [6.45, 7) is 6.50. The second-order valence-electron chi connectivity index (χ2n) is 5.87. The Morgan fingerprint density at radius 2 is 2.05 bits per heavy atom. The summed E-state index contributed by atoms with van der Waals surface area (Å²) < 4.78 is 5.52. The summed E-state index contributed by atoms with van der Waals surface area (Å²) in [6, 6.07) is 9.33. The van der Waals surface area contributed by atoms with Gasteiger partial charge in [0.2, 0.25) is 0 Å². The first-order valence-corrected chi connectivity index (χ1v) is 7.73. The minimum atomic E-state index is 0.322. The second-order valence-corrected chi connectivity index (χ2v) is 5.87. The highest BCUT2D eigenvalue weighted by Gasteiger charge is 2.31. The van der Waals surface area contributed by atoms with E-state index in [2.05, 4.69) is 43.2 Å². The molecule has 1 aromatic rings. The van der Waals surface area contributed by atoms with Gasteiger partial charge in [0.25, 0.3) is 0 Å². The van der Waals surface area contributed by atoms with Gasteiger partial charge in [-0.1, -0.05) is 25.1 Å². The number of hydrogen-bond acceptors (Lipinski definition) is 3. The lowest BCUT2D eigenvalue weighted by molar-refractivity contribution is 0.209.